The molecule has 0 bridgehead atoms. The second-order valence-corrected chi connectivity index (χ2v) is 4.77. The van der Waals surface area contributed by atoms with Gasteiger partial charge in [-0.05, 0) is 6.42 Å². The highest BCUT2D eigenvalue weighted by molar-refractivity contribution is 6.31. The van der Waals surface area contributed by atoms with Crippen molar-refractivity contribution in [2.45, 2.75) is 6.42 Å². The molecular weight excluding hydrogens is 259 g/mol. The molecule has 1 saturated heterocycles. The van der Waals surface area contributed by atoms with E-state index in [0.29, 0.717) is 13.0 Å². The van der Waals surface area contributed by atoms with Crippen LogP contribution in [0.5, 0.6) is 11.5 Å². The Morgan fingerprint density at radius 2 is 2.00 bits per heavy atom. The molecule has 1 fully saturated rings. The van der Waals surface area contributed by atoms with E-state index in [4.69, 9.17) is 11.6 Å². The van der Waals surface area contributed by atoms with Gasteiger partial charge in [-0.15, -0.1) is 0 Å². The summed E-state index contributed by atoms with van der Waals surface area (Å²) < 4.78 is 13.8. The molecule has 2 rings (SSSR count). The standard InChI is InChI=1S/C12H16ClFN2O2/c13-9-7-10(17)12(18)8(11(9)14)1-4-16-5-2-15-3-6-16/h7,15,17-18H,1-6H2. The van der Waals surface area contributed by atoms with Crippen LogP contribution in [0, 0.1) is 5.82 Å². The van der Waals surface area contributed by atoms with Crippen LogP contribution in [0.25, 0.3) is 0 Å². The van der Waals surface area contributed by atoms with Crippen LogP contribution in [0.3, 0.4) is 0 Å². The Bertz CT molecular complexity index is 410. The van der Waals surface area contributed by atoms with Crippen molar-refractivity contribution in [3.8, 4) is 11.5 Å². The number of benzene rings is 1. The van der Waals surface area contributed by atoms with Gasteiger partial charge >= 0.3 is 0 Å². The van der Waals surface area contributed by atoms with Crippen LogP contribution in [0.1, 0.15) is 5.56 Å². The monoisotopic (exact) mass is 274 g/mol. The number of phenols is 2. The molecule has 0 spiro atoms. The van der Waals surface area contributed by atoms with Gasteiger partial charge in [0.2, 0.25) is 0 Å². The molecule has 1 aliphatic rings. The molecule has 100 valence electrons. The molecule has 0 aromatic heterocycles. The van der Waals surface area contributed by atoms with E-state index in [2.05, 4.69) is 10.2 Å². The maximum atomic E-state index is 13.8. The number of hydrogen-bond donors (Lipinski definition) is 3. The van der Waals surface area contributed by atoms with Gasteiger partial charge in [0.1, 0.15) is 5.82 Å². The lowest BCUT2D eigenvalue weighted by Crippen LogP contribution is -2.44. The van der Waals surface area contributed by atoms with Gasteiger partial charge in [0.15, 0.2) is 11.5 Å². The predicted molar refractivity (Wildman–Crippen MR) is 67.8 cm³/mol. The second kappa shape index (κ2) is 5.73. The van der Waals surface area contributed by atoms with Crippen molar-refractivity contribution in [2.75, 3.05) is 32.7 Å². The normalized spacial score (nSPS) is 17.0. The van der Waals surface area contributed by atoms with Crippen LogP contribution < -0.4 is 5.32 Å². The number of piperazine rings is 1. The predicted octanol–water partition coefficient (Wildman–Crippen LogP) is 1.34. The minimum Gasteiger partial charge on any atom is -0.504 e. The van der Waals surface area contributed by atoms with Crippen molar-refractivity contribution < 1.29 is 14.6 Å². The molecule has 1 aromatic rings. The average molecular weight is 275 g/mol. The summed E-state index contributed by atoms with van der Waals surface area (Å²) in [5.41, 5.74) is 0.0820. The Hall–Kier alpha value is -1.04. The molecule has 1 aliphatic heterocycles. The molecule has 0 aliphatic carbocycles. The smallest absolute Gasteiger partial charge is 0.163 e. The quantitative estimate of drug-likeness (QED) is 0.728. The van der Waals surface area contributed by atoms with Crippen molar-refractivity contribution in [2.24, 2.45) is 0 Å². The number of nitrogens with zero attached hydrogens (tertiary/aromatic N) is 1. The first-order chi connectivity index (χ1) is 8.59. The fraction of sp³-hybridized carbons (Fsp3) is 0.500. The lowest BCUT2D eigenvalue weighted by Gasteiger charge is -2.27. The molecule has 18 heavy (non-hydrogen) atoms. The topological polar surface area (TPSA) is 55.7 Å². The SMILES string of the molecule is Oc1cc(Cl)c(F)c(CCN2CCNCC2)c1O. The summed E-state index contributed by atoms with van der Waals surface area (Å²) in [6, 6.07) is 1.01. The van der Waals surface area contributed by atoms with Crippen LogP contribution in [0.15, 0.2) is 6.07 Å². The Labute approximate surface area is 110 Å². The van der Waals surface area contributed by atoms with Gasteiger partial charge in [0, 0.05) is 44.4 Å². The molecule has 0 unspecified atom stereocenters. The van der Waals surface area contributed by atoms with Gasteiger partial charge < -0.3 is 20.4 Å². The Morgan fingerprint density at radius 1 is 1.33 bits per heavy atom. The fourth-order valence-corrected chi connectivity index (χ4v) is 2.30. The first-order valence-electron chi connectivity index (χ1n) is 5.91. The zero-order valence-electron chi connectivity index (χ0n) is 9.92. The highest BCUT2D eigenvalue weighted by Crippen LogP contribution is 2.35. The van der Waals surface area contributed by atoms with Gasteiger partial charge in [-0.2, -0.15) is 0 Å². The highest BCUT2D eigenvalue weighted by Gasteiger charge is 2.18. The van der Waals surface area contributed by atoms with Crippen LogP contribution in [0.2, 0.25) is 5.02 Å². The molecule has 0 saturated carbocycles. The Morgan fingerprint density at radius 3 is 2.67 bits per heavy atom. The molecule has 0 amide bonds. The lowest BCUT2D eigenvalue weighted by atomic mass is 10.1. The first kappa shape index (κ1) is 13.4. The van der Waals surface area contributed by atoms with E-state index in [-0.39, 0.29) is 16.3 Å². The average Bonchev–Trinajstić information content (AvgIpc) is 2.38. The third-order valence-electron chi connectivity index (χ3n) is 3.15. The summed E-state index contributed by atoms with van der Waals surface area (Å²) in [5.74, 6) is -1.44. The van der Waals surface area contributed by atoms with E-state index >= 15 is 0 Å². The maximum Gasteiger partial charge on any atom is 0.163 e. The number of halogens is 2. The third-order valence-corrected chi connectivity index (χ3v) is 3.43. The molecule has 6 heteroatoms. The van der Waals surface area contributed by atoms with E-state index < -0.39 is 11.6 Å². The van der Waals surface area contributed by atoms with Crippen LogP contribution in [-0.2, 0) is 6.42 Å². The van der Waals surface area contributed by atoms with E-state index in [1.165, 1.54) is 0 Å². The van der Waals surface area contributed by atoms with Gasteiger partial charge in [0.25, 0.3) is 0 Å². The van der Waals surface area contributed by atoms with Gasteiger partial charge in [-0.1, -0.05) is 11.6 Å². The van der Waals surface area contributed by atoms with Crippen molar-refractivity contribution in [1.29, 1.82) is 0 Å². The van der Waals surface area contributed by atoms with Crippen LogP contribution >= 0.6 is 11.6 Å². The minimum atomic E-state index is -0.651. The van der Waals surface area contributed by atoms with Crippen LogP contribution in [-0.4, -0.2) is 47.8 Å². The van der Waals surface area contributed by atoms with Gasteiger partial charge in [-0.3, -0.25) is 0 Å². The maximum absolute atomic E-state index is 13.8. The summed E-state index contributed by atoms with van der Waals surface area (Å²) in [4.78, 5) is 2.17. The summed E-state index contributed by atoms with van der Waals surface area (Å²) in [6.45, 7) is 4.25. The van der Waals surface area contributed by atoms with Crippen molar-refractivity contribution >= 4 is 11.6 Å². The summed E-state index contributed by atoms with van der Waals surface area (Å²) >= 11 is 5.64. The van der Waals surface area contributed by atoms with Crippen LogP contribution in [0.4, 0.5) is 4.39 Å². The third kappa shape index (κ3) is 2.85. The summed E-state index contributed by atoms with van der Waals surface area (Å²) in [6.07, 6.45) is 0.325. The summed E-state index contributed by atoms with van der Waals surface area (Å²) in [7, 11) is 0. The molecular formula is C12H16ClFN2O2. The minimum absolute atomic E-state index is 0.0820. The van der Waals surface area contributed by atoms with Crippen molar-refractivity contribution in [3.63, 3.8) is 0 Å². The molecule has 1 heterocycles. The Balaban J connectivity index is 2.08. The van der Waals surface area contributed by atoms with Crippen molar-refractivity contribution in [1.82, 2.24) is 10.2 Å². The van der Waals surface area contributed by atoms with E-state index in [1.807, 2.05) is 0 Å². The largest absolute Gasteiger partial charge is 0.504 e. The van der Waals surface area contributed by atoms with Crippen molar-refractivity contribution in [3.05, 3.63) is 22.5 Å². The van der Waals surface area contributed by atoms with Gasteiger partial charge in [-0.25, -0.2) is 4.39 Å². The number of phenolic OH excluding ortho intramolecular Hbond substituents is 2. The molecule has 4 nitrogen and oxygen atoms in total. The number of rotatable bonds is 3. The molecule has 1 aromatic carbocycles. The van der Waals surface area contributed by atoms with E-state index in [1.54, 1.807) is 0 Å². The van der Waals surface area contributed by atoms with Gasteiger partial charge in [0.05, 0.1) is 5.02 Å². The zero-order chi connectivity index (χ0) is 13.1. The number of hydrogen-bond acceptors (Lipinski definition) is 4. The summed E-state index contributed by atoms with van der Waals surface area (Å²) in [5, 5.41) is 22.1. The molecule has 3 N–H and O–H groups in total. The van der Waals surface area contributed by atoms with E-state index in [0.717, 1.165) is 32.2 Å². The molecule has 0 radical (unpaired) electrons. The molecule has 0 atom stereocenters. The Kier molecular flexibility index (Phi) is 4.27. The number of aromatic hydroxyl groups is 2. The van der Waals surface area contributed by atoms with E-state index in [9.17, 15) is 14.6 Å². The second-order valence-electron chi connectivity index (χ2n) is 4.36. The zero-order valence-corrected chi connectivity index (χ0v) is 10.7. The number of nitrogens with one attached hydrogen (secondary N) is 1. The highest BCUT2D eigenvalue weighted by atomic mass is 35.5. The lowest BCUT2D eigenvalue weighted by molar-refractivity contribution is 0.242. The fourth-order valence-electron chi connectivity index (χ4n) is 2.09. The first-order valence-corrected chi connectivity index (χ1v) is 6.29.